The van der Waals surface area contributed by atoms with Crippen LogP contribution in [0.5, 0.6) is 11.5 Å². The maximum Gasteiger partial charge on any atom is 0.256 e. The van der Waals surface area contributed by atoms with Crippen LogP contribution in [0.2, 0.25) is 0 Å². The minimum atomic E-state index is -1.26. The number of carbonyl (C=O) groups excluding carboxylic acids is 1. The van der Waals surface area contributed by atoms with Gasteiger partial charge in [-0.2, -0.15) is 0 Å². The van der Waals surface area contributed by atoms with Gasteiger partial charge in [0.1, 0.15) is 30.2 Å². The lowest BCUT2D eigenvalue weighted by Gasteiger charge is -2.38. The number of aliphatic hydroxyl groups excluding tert-OH is 1. The van der Waals surface area contributed by atoms with E-state index in [1.165, 1.54) is 23.0 Å². The van der Waals surface area contributed by atoms with Crippen molar-refractivity contribution in [3.63, 3.8) is 0 Å². The number of aliphatic hydroxyl groups is 1. The Kier molecular flexibility index (Phi) is 16.6. The minimum absolute atomic E-state index is 0.0736. The molecule has 0 aliphatic carbocycles. The van der Waals surface area contributed by atoms with Crippen LogP contribution in [0, 0.1) is 0 Å². The van der Waals surface area contributed by atoms with Gasteiger partial charge in [0.2, 0.25) is 0 Å². The molecule has 7 aromatic carbocycles. The van der Waals surface area contributed by atoms with Crippen LogP contribution in [0.25, 0.3) is 11.2 Å². The zero-order valence-corrected chi connectivity index (χ0v) is 43.4. The van der Waals surface area contributed by atoms with Crippen LogP contribution in [0.4, 0.5) is 5.82 Å². The van der Waals surface area contributed by atoms with Crippen LogP contribution in [0.1, 0.15) is 75.6 Å². The van der Waals surface area contributed by atoms with Crippen LogP contribution in [-0.2, 0) is 24.6 Å². The molecule has 2 aromatic heterocycles. The summed E-state index contributed by atoms with van der Waals surface area (Å²) in [7, 11) is 3.22. The normalized spacial score (nSPS) is 16.6. The number of unbranched alkanes of at least 4 members (excludes halogenated alkanes) is 3. The predicted octanol–water partition coefficient (Wildman–Crippen LogP) is 12.0. The molecule has 386 valence electrons. The number of hydrogen-bond donors (Lipinski definition) is 2. The van der Waals surface area contributed by atoms with Crippen molar-refractivity contribution in [2.24, 2.45) is 0 Å². The van der Waals surface area contributed by atoms with Crippen molar-refractivity contribution >= 4 is 34.7 Å². The minimum Gasteiger partial charge on any atom is -0.493 e. The molecule has 12 nitrogen and oxygen atoms in total. The second-order valence-electron chi connectivity index (χ2n) is 18.6. The molecule has 1 aliphatic heterocycles. The summed E-state index contributed by atoms with van der Waals surface area (Å²) >= 11 is 1.97. The molecule has 9 aromatic rings. The highest BCUT2D eigenvalue weighted by Gasteiger charge is 2.49. The van der Waals surface area contributed by atoms with Crippen LogP contribution in [-0.4, -0.2) is 82.0 Å². The first kappa shape index (κ1) is 51.8. The maximum atomic E-state index is 13.3. The van der Waals surface area contributed by atoms with Gasteiger partial charge in [-0.25, -0.2) is 15.0 Å². The average molecular weight is 1030 g/mol. The van der Waals surface area contributed by atoms with E-state index in [0.29, 0.717) is 40.4 Å². The molecule has 1 saturated heterocycles. The molecule has 0 spiro atoms. The fraction of sp³-hybridized carbons (Fsp3) is 0.238. The highest BCUT2D eigenvalue weighted by molar-refractivity contribution is 8.00. The third-order valence-electron chi connectivity index (χ3n) is 14.0. The van der Waals surface area contributed by atoms with Gasteiger partial charge < -0.3 is 34.1 Å². The Bertz CT molecular complexity index is 3130. The fourth-order valence-corrected chi connectivity index (χ4v) is 11.9. The summed E-state index contributed by atoms with van der Waals surface area (Å²) in [5.41, 5.74) is 6.07. The topological polar surface area (TPSA) is 139 Å². The number of rotatable bonds is 23. The average Bonchev–Trinajstić information content (AvgIpc) is 4.15. The lowest BCUT2D eigenvalue weighted by molar-refractivity contribution is -0.0964. The highest BCUT2D eigenvalue weighted by atomic mass is 32.2. The molecule has 4 atom stereocenters. The predicted molar refractivity (Wildman–Crippen MR) is 298 cm³/mol. The van der Waals surface area contributed by atoms with E-state index in [1.54, 1.807) is 49.4 Å². The van der Waals surface area contributed by atoms with E-state index in [1.807, 2.05) is 96.7 Å². The number of amides is 1. The summed E-state index contributed by atoms with van der Waals surface area (Å²) in [5, 5.41) is 15.4. The maximum absolute atomic E-state index is 13.3. The third-order valence-corrected chi connectivity index (χ3v) is 15.7. The Labute approximate surface area is 448 Å². The quantitative estimate of drug-likeness (QED) is 0.0467. The van der Waals surface area contributed by atoms with E-state index in [9.17, 15) is 9.90 Å². The van der Waals surface area contributed by atoms with Crippen molar-refractivity contribution in [2.75, 3.05) is 38.5 Å². The summed E-state index contributed by atoms with van der Waals surface area (Å²) < 4.78 is 34.2. The lowest BCUT2D eigenvalue weighted by Crippen LogP contribution is -2.40. The molecule has 1 amide bonds. The smallest absolute Gasteiger partial charge is 0.256 e. The van der Waals surface area contributed by atoms with Crippen LogP contribution in [0.15, 0.2) is 213 Å². The number of ether oxygens (including phenoxy) is 5. The van der Waals surface area contributed by atoms with Crippen LogP contribution >= 0.6 is 11.8 Å². The fourth-order valence-electron chi connectivity index (χ4n) is 10.4. The number of fused-ring (bicyclic) bond motifs is 1. The first-order chi connectivity index (χ1) is 37.5. The number of nitrogens with zero attached hydrogens (tertiary/aromatic N) is 4. The number of thioether (sulfide) groups is 1. The first-order valence-corrected chi connectivity index (χ1v) is 26.7. The summed E-state index contributed by atoms with van der Waals surface area (Å²) in [6.07, 6.45) is 2.82. The van der Waals surface area contributed by atoms with Gasteiger partial charge in [0.25, 0.3) is 5.91 Å². The van der Waals surface area contributed by atoms with Crippen LogP contribution in [0.3, 0.4) is 0 Å². The van der Waals surface area contributed by atoms with Gasteiger partial charge in [-0.15, -0.1) is 11.8 Å². The first-order valence-electron chi connectivity index (χ1n) is 25.7. The molecule has 0 bridgehead atoms. The molecule has 76 heavy (non-hydrogen) atoms. The van der Waals surface area contributed by atoms with E-state index in [0.717, 1.165) is 42.6 Å². The van der Waals surface area contributed by atoms with Gasteiger partial charge in [-0.3, -0.25) is 9.36 Å². The van der Waals surface area contributed by atoms with Crippen molar-refractivity contribution in [1.29, 1.82) is 0 Å². The zero-order chi connectivity index (χ0) is 52.2. The Morgan fingerprint density at radius 2 is 1.20 bits per heavy atom. The second kappa shape index (κ2) is 24.3. The molecule has 10 rings (SSSR count). The number of hydrogen-bond acceptors (Lipinski definition) is 11. The lowest BCUT2D eigenvalue weighted by atomic mass is 9.79. The standard InChI is InChI=1S/C63H61N5O7S/c1-71-52-39-25-38-51(56(52)72-2)62(46-28-13-6-14-29-46,47-30-15-7-16-31-47)74-42-53-55(69)57(61(75-53)68-44-66-54-58(64-43-65-59(54)68)67-60(70)45-26-11-5-12-27-45)73-40-23-3-4-24-41-76-63(48-32-17-8-18-33-48,49-34-19-9-20-35-49)50-36-21-10-22-37-50/h5-22,25-39,43-44,53,55,57,61,69H,3-4,23-24,40-42H2,1-2H3,(H,64,65,67,70)/t53-,55-,57-,61-/m1/s1. The Morgan fingerprint density at radius 1 is 0.645 bits per heavy atom. The number of para-hydroxylation sites is 1. The summed E-state index contributed by atoms with van der Waals surface area (Å²) in [4.78, 5) is 27.1. The largest absolute Gasteiger partial charge is 0.493 e. The molecule has 0 saturated carbocycles. The van der Waals surface area contributed by atoms with Gasteiger partial charge in [0, 0.05) is 17.7 Å². The molecular formula is C63H61N5O7S. The van der Waals surface area contributed by atoms with Gasteiger partial charge in [-0.1, -0.05) is 195 Å². The van der Waals surface area contributed by atoms with Crippen LogP contribution < -0.4 is 14.8 Å². The number of carbonyl (C=O) groups is 1. The van der Waals surface area contributed by atoms with Gasteiger partial charge >= 0.3 is 0 Å². The Morgan fingerprint density at radius 3 is 1.76 bits per heavy atom. The van der Waals surface area contributed by atoms with E-state index in [4.69, 9.17) is 28.7 Å². The number of imidazole rings is 1. The Hall–Kier alpha value is -7.65. The molecule has 0 radical (unpaired) electrons. The van der Waals surface area contributed by atoms with Gasteiger partial charge in [-0.05, 0) is 64.6 Å². The number of methoxy groups -OCH3 is 2. The van der Waals surface area contributed by atoms with E-state index in [2.05, 4.69) is 106 Å². The number of nitrogens with one attached hydrogen (secondary N) is 1. The monoisotopic (exact) mass is 1030 g/mol. The zero-order valence-electron chi connectivity index (χ0n) is 42.6. The van der Waals surface area contributed by atoms with Gasteiger partial charge in [0.05, 0.1) is 31.9 Å². The molecule has 1 fully saturated rings. The van der Waals surface area contributed by atoms with Crippen molar-refractivity contribution in [1.82, 2.24) is 19.5 Å². The van der Waals surface area contributed by atoms with E-state index < -0.39 is 30.1 Å². The molecule has 2 N–H and O–H groups in total. The van der Waals surface area contributed by atoms with Crippen molar-refractivity contribution in [3.8, 4) is 11.5 Å². The number of aromatic nitrogens is 4. The molecule has 3 heterocycles. The third kappa shape index (κ3) is 10.6. The summed E-state index contributed by atoms with van der Waals surface area (Å²) in [6, 6.07) is 66.9. The molecule has 1 aliphatic rings. The molecule has 13 heteroatoms. The Balaban J connectivity index is 0.901. The number of anilines is 1. The summed E-state index contributed by atoms with van der Waals surface area (Å²) in [5.74, 6) is 1.89. The second-order valence-corrected chi connectivity index (χ2v) is 19.9. The summed E-state index contributed by atoms with van der Waals surface area (Å²) in [6.45, 7) is 0.291. The van der Waals surface area contributed by atoms with Crippen molar-refractivity contribution < 1.29 is 33.6 Å². The van der Waals surface area contributed by atoms with E-state index in [-0.39, 0.29) is 23.1 Å². The van der Waals surface area contributed by atoms with Crippen molar-refractivity contribution in [2.45, 2.75) is 60.6 Å². The van der Waals surface area contributed by atoms with Crippen molar-refractivity contribution in [3.05, 3.63) is 252 Å². The SMILES string of the molecule is COc1cccc(C(OC[C@H]2O[C@@H](n3cnc4c(NC(=O)c5ccccc5)ncnc43)[C@H](OCCCCCCSC(c3ccccc3)(c3ccccc3)c3ccccc3)[C@@H]2O)(c2ccccc2)c2ccccc2)c1OC. The molecule has 0 unspecified atom stereocenters. The van der Waals surface area contributed by atoms with Gasteiger partial charge in [0.15, 0.2) is 34.7 Å². The highest BCUT2D eigenvalue weighted by Crippen LogP contribution is 2.50. The number of benzene rings is 7. The molecular weight excluding hydrogens is 971 g/mol. The van der Waals surface area contributed by atoms with E-state index >= 15 is 0 Å².